The number of carbonyl (C=O) groups excluding carboxylic acids is 1. The molecular formula is C19H24N4OS. The molecule has 3 aliphatic heterocycles. The van der Waals surface area contributed by atoms with Crippen molar-refractivity contribution in [1.82, 2.24) is 14.8 Å². The predicted octanol–water partition coefficient (Wildman–Crippen LogP) is 3.58. The Bertz CT molecular complexity index is 716. The van der Waals surface area contributed by atoms with E-state index < -0.39 is 0 Å². The molecule has 3 aliphatic rings. The number of aromatic nitrogens is 1. The standard InChI is InChI=1S/C19H24N4OS/c1-14-2-5-16(6-3-14)21-19(24)23-9-15-4-7-18(23)11-22(8-15)10-17-12-25-13-20-17/h2-3,5-6,12-13,15,18H,4,7-11H2,1H3,(H,21,24)/t15-,18+/m0/s1. The Morgan fingerprint density at radius 2 is 2.08 bits per heavy atom. The Balaban J connectivity index is 1.42. The molecule has 4 heterocycles. The molecule has 0 saturated carbocycles. The van der Waals surface area contributed by atoms with Crippen LogP contribution >= 0.6 is 11.3 Å². The van der Waals surface area contributed by atoms with E-state index >= 15 is 0 Å². The highest BCUT2D eigenvalue weighted by molar-refractivity contribution is 7.07. The highest BCUT2D eigenvalue weighted by Gasteiger charge is 2.37. The van der Waals surface area contributed by atoms with Crippen LogP contribution in [0.5, 0.6) is 0 Å². The maximum Gasteiger partial charge on any atom is 0.322 e. The number of thiazole rings is 1. The summed E-state index contributed by atoms with van der Waals surface area (Å²) < 4.78 is 0. The Labute approximate surface area is 152 Å². The van der Waals surface area contributed by atoms with E-state index in [1.165, 1.54) is 12.0 Å². The number of carbonyl (C=O) groups is 1. The minimum absolute atomic E-state index is 0.0362. The summed E-state index contributed by atoms with van der Waals surface area (Å²) in [5.74, 6) is 0.557. The lowest BCUT2D eigenvalue weighted by Crippen LogP contribution is -2.49. The summed E-state index contributed by atoms with van der Waals surface area (Å²) in [7, 11) is 0. The van der Waals surface area contributed by atoms with Crippen LogP contribution in [0.1, 0.15) is 24.1 Å². The fraction of sp³-hybridized carbons (Fsp3) is 0.474. The number of anilines is 1. The van der Waals surface area contributed by atoms with Gasteiger partial charge < -0.3 is 10.2 Å². The molecule has 0 radical (unpaired) electrons. The van der Waals surface area contributed by atoms with E-state index in [0.29, 0.717) is 12.0 Å². The molecule has 1 aromatic heterocycles. The number of nitrogens with zero attached hydrogens (tertiary/aromatic N) is 3. The quantitative estimate of drug-likeness (QED) is 0.914. The van der Waals surface area contributed by atoms with Gasteiger partial charge in [-0.1, -0.05) is 17.7 Å². The van der Waals surface area contributed by atoms with Crippen molar-refractivity contribution in [3.8, 4) is 0 Å². The molecule has 25 heavy (non-hydrogen) atoms. The average molecular weight is 356 g/mol. The third-order valence-electron chi connectivity index (χ3n) is 5.22. The van der Waals surface area contributed by atoms with Crippen LogP contribution < -0.4 is 5.32 Å². The van der Waals surface area contributed by atoms with E-state index in [0.717, 1.165) is 44.0 Å². The van der Waals surface area contributed by atoms with Gasteiger partial charge in [0.1, 0.15) is 0 Å². The Morgan fingerprint density at radius 3 is 2.84 bits per heavy atom. The zero-order chi connectivity index (χ0) is 17.2. The van der Waals surface area contributed by atoms with Gasteiger partial charge in [-0.15, -0.1) is 11.3 Å². The topological polar surface area (TPSA) is 48.5 Å². The van der Waals surface area contributed by atoms with Gasteiger partial charge in [-0.05, 0) is 37.8 Å². The number of amides is 2. The van der Waals surface area contributed by atoms with Gasteiger partial charge in [0.25, 0.3) is 0 Å². The van der Waals surface area contributed by atoms with E-state index in [-0.39, 0.29) is 6.03 Å². The van der Waals surface area contributed by atoms with Crippen LogP contribution in [0.15, 0.2) is 35.2 Å². The zero-order valence-corrected chi connectivity index (χ0v) is 15.3. The number of piperidine rings is 1. The van der Waals surface area contributed by atoms with Gasteiger partial charge in [0.05, 0.1) is 11.2 Å². The molecule has 0 spiro atoms. The molecule has 132 valence electrons. The normalized spacial score (nSPS) is 23.5. The molecule has 2 aromatic rings. The lowest BCUT2D eigenvalue weighted by atomic mass is 9.95. The number of benzene rings is 1. The summed E-state index contributed by atoms with van der Waals surface area (Å²) in [5, 5.41) is 5.19. The second-order valence-corrected chi connectivity index (χ2v) is 7.94. The minimum atomic E-state index is 0.0362. The number of urea groups is 1. The molecule has 6 heteroatoms. The van der Waals surface area contributed by atoms with Crippen LogP contribution in [-0.2, 0) is 6.54 Å². The average Bonchev–Trinajstić information content (AvgIpc) is 2.95. The Kier molecular flexibility index (Phi) is 4.72. The van der Waals surface area contributed by atoms with Gasteiger partial charge in [0.2, 0.25) is 0 Å². The number of nitrogens with one attached hydrogen (secondary N) is 1. The van der Waals surface area contributed by atoms with E-state index in [1.807, 2.05) is 29.8 Å². The van der Waals surface area contributed by atoms with Crippen molar-refractivity contribution in [2.24, 2.45) is 5.92 Å². The smallest absolute Gasteiger partial charge is 0.320 e. The molecule has 5 nitrogen and oxygen atoms in total. The number of aryl methyl sites for hydroxylation is 1. The summed E-state index contributed by atoms with van der Waals surface area (Å²) in [5.41, 5.74) is 5.10. The van der Waals surface area contributed by atoms with E-state index in [2.05, 4.69) is 32.4 Å². The van der Waals surface area contributed by atoms with Crippen LogP contribution in [-0.4, -0.2) is 46.5 Å². The van der Waals surface area contributed by atoms with Crippen LogP contribution in [0.3, 0.4) is 0 Å². The largest absolute Gasteiger partial charge is 0.322 e. The van der Waals surface area contributed by atoms with Gasteiger partial charge in [-0.3, -0.25) is 4.90 Å². The van der Waals surface area contributed by atoms with Crippen molar-refractivity contribution < 1.29 is 4.79 Å². The molecule has 5 rings (SSSR count). The summed E-state index contributed by atoms with van der Waals surface area (Å²) >= 11 is 1.65. The summed E-state index contributed by atoms with van der Waals surface area (Å²) in [6.45, 7) is 5.80. The van der Waals surface area contributed by atoms with E-state index in [9.17, 15) is 4.79 Å². The third-order valence-corrected chi connectivity index (χ3v) is 5.86. The van der Waals surface area contributed by atoms with Crippen LogP contribution in [0.2, 0.25) is 0 Å². The number of fused-ring (bicyclic) bond motifs is 4. The molecule has 2 bridgehead atoms. The molecule has 3 saturated heterocycles. The third kappa shape index (κ3) is 3.85. The highest BCUT2D eigenvalue weighted by atomic mass is 32.1. The minimum Gasteiger partial charge on any atom is -0.320 e. The summed E-state index contributed by atoms with van der Waals surface area (Å²) in [6, 6.07) is 8.33. The van der Waals surface area contributed by atoms with Gasteiger partial charge in [-0.2, -0.15) is 0 Å². The Morgan fingerprint density at radius 1 is 1.24 bits per heavy atom. The molecule has 2 atom stereocenters. The van der Waals surface area contributed by atoms with Gasteiger partial charge in [-0.25, -0.2) is 9.78 Å². The fourth-order valence-corrected chi connectivity index (χ4v) is 4.48. The van der Waals surface area contributed by atoms with Crippen molar-refractivity contribution in [2.75, 3.05) is 25.0 Å². The summed E-state index contributed by atoms with van der Waals surface area (Å²) in [4.78, 5) is 21.7. The van der Waals surface area contributed by atoms with Crippen molar-refractivity contribution >= 4 is 23.1 Å². The first-order chi connectivity index (χ1) is 12.2. The van der Waals surface area contributed by atoms with Crippen LogP contribution in [0.25, 0.3) is 0 Å². The van der Waals surface area contributed by atoms with E-state index in [1.54, 1.807) is 11.3 Å². The second-order valence-electron chi connectivity index (χ2n) is 7.22. The monoisotopic (exact) mass is 356 g/mol. The highest BCUT2D eigenvalue weighted by Crippen LogP contribution is 2.29. The Hall–Kier alpha value is -1.92. The zero-order valence-electron chi connectivity index (χ0n) is 14.5. The molecule has 3 fully saturated rings. The van der Waals surface area contributed by atoms with Crippen LogP contribution in [0, 0.1) is 12.8 Å². The second kappa shape index (κ2) is 7.14. The van der Waals surface area contributed by atoms with Gasteiger partial charge in [0, 0.05) is 43.3 Å². The number of hydrogen-bond donors (Lipinski definition) is 1. The maximum absolute atomic E-state index is 12.8. The number of rotatable bonds is 3. The van der Waals surface area contributed by atoms with Gasteiger partial charge >= 0.3 is 6.03 Å². The van der Waals surface area contributed by atoms with Crippen molar-refractivity contribution in [1.29, 1.82) is 0 Å². The molecule has 0 unspecified atom stereocenters. The van der Waals surface area contributed by atoms with E-state index in [4.69, 9.17) is 0 Å². The van der Waals surface area contributed by atoms with Crippen molar-refractivity contribution in [3.05, 3.63) is 46.4 Å². The number of hydrogen-bond acceptors (Lipinski definition) is 4. The molecule has 0 aliphatic carbocycles. The lowest BCUT2D eigenvalue weighted by Gasteiger charge is -2.36. The summed E-state index contributed by atoms with van der Waals surface area (Å²) in [6.07, 6.45) is 2.31. The first-order valence-corrected chi connectivity index (χ1v) is 9.85. The lowest BCUT2D eigenvalue weighted by molar-refractivity contribution is 0.151. The van der Waals surface area contributed by atoms with Crippen molar-refractivity contribution in [2.45, 2.75) is 32.4 Å². The molecule has 1 aromatic carbocycles. The maximum atomic E-state index is 12.8. The van der Waals surface area contributed by atoms with Gasteiger partial charge in [0.15, 0.2) is 0 Å². The molecule has 2 amide bonds. The molecule has 1 N–H and O–H groups in total. The van der Waals surface area contributed by atoms with Crippen LogP contribution in [0.4, 0.5) is 10.5 Å². The molecular weight excluding hydrogens is 332 g/mol. The first kappa shape index (κ1) is 16.5. The fourth-order valence-electron chi connectivity index (χ4n) is 3.93. The predicted molar refractivity (Wildman–Crippen MR) is 101 cm³/mol. The SMILES string of the molecule is Cc1ccc(NC(=O)N2C[C@H]3CC[C@@H]2CN(Cc2cscn2)C3)cc1. The first-order valence-electron chi connectivity index (χ1n) is 8.91. The van der Waals surface area contributed by atoms with Crippen molar-refractivity contribution in [3.63, 3.8) is 0 Å².